The average Bonchev–Trinajstić information content (AvgIpc) is 2.42. The first kappa shape index (κ1) is 10.8. The van der Waals surface area contributed by atoms with E-state index in [2.05, 4.69) is 4.42 Å². The zero-order chi connectivity index (χ0) is 11.7. The molecule has 0 aliphatic rings. The predicted octanol–water partition coefficient (Wildman–Crippen LogP) is 0.683. The molecule has 0 amide bonds. The maximum atomic E-state index is 10.7. The first-order valence-corrected chi connectivity index (χ1v) is 3.69. The Bertz CT molecular complexity index is 454. The highest BCUT2D eigenvalue weighted by molar-refractivity contribution is 6.08. The van der Waals surface area contributed by atoms with Gasteiger partial charge in [-0.25, -0.2) is 14.4 Å². The third-order valence-corrected chi connectivity index (χ3v) is 1.71. The molecule has 7 nitrogen and oxygen atoms in total. The van der Waals surface area contributed by atoms with E-state index in [9.17, 15) is 14.4 Å². The van der Waals surface area contributed by atoms with Crippen LogP contribution in [0, 0.1) is 6.92 Å². The number of carbonyl (C=O) groups is 3. The maximum absolute atomic E-state index is 10.7. The molecule has 1 heterocycles. The van der Waals surface area contributed by atoms with E-state index in [1.807, 2.05) is 0 Å². The molecule has 0 saturated heterocycles. The van der Waals surface area contributed by atoms with Crippen LogP contribution in [0.5, 0.6) is 0 Å². The highest BCUT2D eigenvalue weighted by atomic mass is 16.4. The molecule has 0 radical (unpaired) electrons. The second-order valence-corrected chi connectivity index (χ2v) is 2.65. The zero-order valence-electron chi connectivity index (χ0n) is 7.47. The number of carboxylic acid groups (broad SMARTS) is 3. The zero-order valence-corrected chi connectivity index (χ0v) is 7.47. The van der Waals surface area contributed by atoms with Crippen molar-refractivity contribution in [3.05, 3.63) is 22.6 Å². The third kappa shape index (κ3) is 1.66. The molecule has 0 bridgehead atoms. The minimum Gasteiger partial charge on any atom is -0.478 e. The van der Waals surface area contributed by atoms with Crippen LogP contribution in [0.4, 0.5) is 0 Å². The molecule has 1 aromatic rings. The second kappa shape index (κ2) is 3.45. The lowest BCUT2D eigenvalue weighted by molar-refractivity contribution is 0.0620. The van der Waals surface area contributed by atoms with E-state index in [0.717, 1.165) is 0 Å². The molecule has 0 atom stereocenters. The fourth-order valence-corrected chi connectivity index (χ4v) is 1.16. The van der Waals surface area contributed by atoms with Crippen molar-refractivity contribution in [2.75, 3.05) is 0 Å². The molecule has 1 rings (SSSR count). The van der Waals surface area contributed by atoms with Gasteiger partial charge in [-0.05, 0) is 6.92 Å². The van der Waals surface area contributed by atoms with Gasteiger partial charge in [-0.15, -0.1) is 0 Å². The summed E-state index contributed by atoms with van der Waals surface area (Å²) in [6.07, 6.45) is 0. The van der Waals surface area contributed by atoms with Crippen molar-refractivity contribution >= 4 is 17.9 Å². The van der Waals surface area contributed by atoms with Gasteiger partial charge in [0.15, 0.2) is 0 Å². The molecule has 0 aromatic carbocycles. The SMILES string of the molecule is Cc1oc(C(=O)O)c(C(=O)O)c1C(=O)O. The van der Waals surface area contributed by atoms with Crippen molar-refractivity contribution in [2.24, 2.45) is 0 Å². The van der Waals surface area contributed by atoms with E-state index < -0.39 is 34.8 Å². The minimum atomic E-state index is -1.65. The Balaban J connectivity index is 3.59. The maximum Gasteiger partial charge on any atom is 0.372 e. The van der Waals surface area contributed by atoms with Crippen LogP contribution in [0.3, 0.4) is 0 Å². The molecule has 0 saturated carbocycles. The van der Waals surface area contributed by atoms with Crippen LogP contribution in [-0.2, 0) is 0 Å². The molecule has 1 aromatic heterocycles. The van der Waals surface area contributed by atoms with Crippen molar-refractivity contribution in [3.8, 4) is 0 Å². The summed E-state index contributed by atoms with van der Waals surface area (Å²) in [5.74, 6) is -5.94. The molecule has 15 heavy (non-hydrogen) atoms. The van der Waals surface area contributed by atoms with E-state index in [-0.39, 0.29) is 5.76 Å². The van der Waals surface area contributed by atoms with Crippen LogP contribution in [0.1, 0.15) is 37.0 Å². The van der Waals surface area contributed by atoms with Crippen LogP contribution in [0.2, 0.25) is 0 Å². The summed E-state index contributed by atoms with van der Waals surface area (Å²) in [7, 11) is 0. The molecule has 80 valence electrons. The van der Waals surface area contributed by atoms with Crippen LogP contribution in [0.15, 0.2) is 4.42 Å². The van der Waals surface area contributed by atoms with E-state index in [0.29, 0.717) is 0 Å². The lowest BCUT2D eigenvalue weighted by Crippen LogP contribution is -2.10. The average molecular weight is 214 g/mol. The summed E-state index contributed by atoms with van der Waals surface area (Å²) >= 11 is 0. The molecule has 0 aliphatic heterocycles. The van der Waals surface area contributed by atoms with Gasteiger partial charge in [-0.3, -0.25) is 0 Å². The Hall–Kier alpha value is -2.31. The number of rotatable bonds is 3. The molecule has 0 unspecified atom stereocenters. The van der Waals surface area contributed by atoms with Gasteiger partial charge in [0, 0.05) is 0 Å². The van der Waals surface area contributed by atoms with Crippen LogP contribution < -0.4 is 0 Å². The van der Waals surface area contributed by atoms with Crippen molar-refractivity contribution in [3.63, 3.8) is 0 Å². The first-order valence-electron chi connectivity index (χ1n) is 3.69. The lowest BCUT2D eigenvalue weighted by Gasteiger charge is -1.93. The highest BCUT2D eigenvalue weighted by Crippen LogP contribution is 2.22. The summed E-state index contributed by atoms with van der Waals surface area (Å²) in [5, 5.41) is 25.9. The van der Waals surface area contributed by atoms with Gasteiger partial charge in [0.1, 0.15) is 16.9 Å². The molecular formula is C8H6O7. The Labute approximate surface area is 82.6 Å². The van der Waals surface area contributed by atoms with Crippen molar-refractivity contribution in [2.45, 2.75) is 6.92 Å². The number of aromatic carboxylic acids is 3. The topological polar surface area (TPSA) is 125 Å². The predicted molar refractivity (Wildman–Crippen MR) is 44.3 cm³/mol. The van der Waals surface area contributed by atoms with Crippen molar-refractivity contribution < 1.29 is 34.1 Å². The van der Waals surface area contributed by atoms with E-state index in [1.165, 1.54) is 6.92 Å². The molecule has 7 heteroatoms. The summed E-state index contributed by atoms with van der Waals surface area (Å²) in [4.78, 5) is 31.9. The molecule has 3 N–H and O–H groups in total. The number of hydrogen-bond acceptors (Lipinski definition) is 4. The van der Waals surface area contributed by atoms with Gasteiger partial charge in [0.25, 0.3) is 0 Å². The molecule has 0 aliphatic carbocycles. The fourth-order valence-electron chi connectivity index (χ4n) is 1.16. The number of furan rings is 1. The molecule has 0 spiro atoms. The monoisotopic (exact) mass is 214 g/mol. The van der Waals surface area contributed by atoms with E-state index in [4.69, 9.17) is 15.3 Å². The Morgan fingerprint density at radius 3 is 1.73 bits per heavy atom. The number of carboxylic acids is 3. The Kier molecular flexibility index (Phi) is 2.47. The van der Waals surface area contributed by atoms with Gasteiger partial charge in [0.05, 0.1) is 0 Å². The van der Waals surface area contributed by atoms with Gasteiger partial charge >= 0.3 is 17.9 Å². The Morgan fingerprint density at radius 2 is 1.40 bits per heavy atom. The third-order valence-electron chi connectivity index (χ3n) is 1.71. The minimum absolute atomic E-state index is 0.252. The summed E-state index contributed by atoms with van der Waals surface area (Å²) < 4.78 is 4.57. The van der Waals surface area contributed by atoms with E-state index in [1.54, 1.807) is 0 Å². The first-order chi connectivity index (χ1) is 6.86. The quantitative estimate of drug-likeness (QED) is 0.675. The number of aryl methyl sites for hydroxylation is 1. The summed E-state index contributed by atoms with van der Waals surface area (Å²) in [5.41, 5.74) is -1.48. The van der Waals surface area contributed by atoms with Crippen molar-refractivity contribution in [1.82, 2.24) is 0 Å². The molecule has 0 fully saturated rings. The second-order valence-electron chi connectivity index (χ2n) is 2.65. The largest absolute Gasteiger partial charge is 0.478 e. The standard InChI is InChI=1S/C8H6O7/c1-2-3(6(9)10)4(7(11)12)5(15-2)8(13)14/h1H3,(H,9,10)(H,11,12)(H,13,14). The van der Waals surface area contributed by atoms with Crippen LogP contribution in [0.25, 0.3) is 0 Å². The van der Waals surface area contributed by atoms with Gasteiger partial charge in [-0.1, -0.05) is 0 Å². The normalized spacial score (nSPS) is 9.93. The summed E-state index contributed by atoms with van der Waals surface area (Å²) in [6.45, 7) is 1.18. The van der Waals surface area contributed by atoms with E-state index >= 15 is 0 Å². The van der Waals surface area contributed by atoms with Gasteiger partial charge in [0.2, 0.25) is 5.76 Å². The van der Waals surface area contributed by atoms with Gasteiger partial charge < -0.3 is 19.7 Å². The van der Waals surface area contributed by atoms with Crippen LogP contribution >= 0.6 is 0 Å². The molecular weight excluding hydrogens is 208 g/mol. The Morgan fingerprint density at radius 1 is 0.933 bits per heavy atom. The fraction of sp³-hybridized carbons (Fsp3) is 0.125. The highest BCUT2D eigenvalue weighted by Gasteiger charge is 2.31. The van der Waals surface area contributed by atoms with Crippen LogP contribution in [-0.4, -0.2) is 33.2 Å². The van der Waals surface area contributed by atoms with Crippen molar-refractivity contribution in [1.29, 1.82) is 0 Å². The van der Waals surface area contributed by atoms with Gasteiger partial charge in [-0.2, -0.15) is 0 Å². The summed E-state index contributed by atoms with van der Waals surface area (Å²) in [6, 6.07) is 0. The number of hydrogen-bond donors (Lipinski definition) is 3. The smallest absolute Gasteiger partial charge is 0.372 e. The lowest BCUT2D eigenvalue weighted by atomic mass is 10.1.